The van der Waals surface area contributed by atoms with Crippen molar-refractivity contribution in [1.29, 1.82) is 0 Å². The zero-order chi connectivity index (χ0) is 15.4. The van der Waals surface area contributed by atoms with E-state index >= 15 is 0 Å². The van der Waals surface area contributed by atoms with Crippen LogP contribution in [0.4, 0.5) is 0 Å². The van der Waals surface area contributed by atoms with Gasteiger partial charge >= 0.3 is 5.97 Å². The summed E-state index contributed by atoms with van der Waals surface area (Å²) < 4.78 is 7.26. The SMILES string of the molecule is O=C(O)c1ccn(-c2cccc(OCc3ccccc3)c2)n1. The maximum Gasteiger partial charge on any atom is 0.356 e. The lowest BCUT2D eigenvalue weighted by Gasteiger charge is -2.08. The highest BCUT2D eigenvalue weighted by Gasteiger charge is 2.08. The second kappa shape index (κ2) is 6.13. The Morgan fingerprint density at radius 3 is 2.64 bits per heavy atom. The average Bonchev–Trinajstić information content (AvgIpc) is 3.05. The summed E-state index contributed by atoms with van der Waals surface area (Å²) in [5, 5.41) is 12.9. The summed E-state index contributed by atoms with van der Waals surface area (Å²) in [7, 11) is 0. The summed E-state index contributed by atoms with van der Waals surface area (Å²) in [6.07, 6.45) is 1.61. The Labute approximate surface area is 127 Å². The molecule has 0 unspecified atom stereocenters. The standard InChI is InChI=1S/C17H14N2O3/c20-17(21)16-9-10-19(18-16)14-7-4-8-15(11-14)22-12-13-5-2-1-3-6-13/h1-11H,12H2,(H,20,21). The molecule has 0 saturated carbocycles. The predicted octanol–water partition coefficient (Wildman–Crippen LogP) is 3.15. The van der Waals surface area contributed by atoms with Gasteiger partial charge in [0.05, 0.1) is 5.69 Å². The number of nitrogens with zero attached hydrogens (tertiary/aromatic N) is 2. The van der Waals surface area contributed by atoms with Crippen LogP contribution in [0.2, 0.25) is 0 Å². The third-order valence-corrected chi connectivity index (χ3v) is 3.14. The molecule has 0 atom stereocenters. The minimum absolute atomic E-state index is 0.00982. The smallest absolute Gasteiger partial charge is 0.356 e. The van der Waals surface area contributed by atoms with E-state index in [0.717, 1.165) is 11.3 Å². The Kier molecular flexibility index (Phi) is 3.87. The van der Waals surface area contributed by atoms with Crippen LogP contribution in [-0.4, -0.2) is 20.9 Å². The van der Waals surface area contributed by atoms with Gasteiger partial charge in [-0.25, -0.2) is 9.48 Å². The first-order chi connectivity index (χ1) is 10.7. The van der Waals surface area contributed by atoms with Crippen molar-refractivity contribution >= 4 is 5.97 Å². The van der Waals surface area contributed by atoms with Crippen LogP contribution in [0.1, 0.15) is 16.1 Å². The van der Waals surface area contributed by atoms with Crippen LogP contribution in [0.15, 0.2) is 66.9 Å². The van der Waals surface area contributed by atoms with Crippen molar-refractivity contribution < 1.29 is 14.6 Å². The van der Waals surface area contributed by atoms with Crippen LogP contribution in [-0.2, 0) is 6.61 Å². The Bertz CT molecular complexity index is 781. The fourth-order valence-corrected chi connectivity index (χ4v) is 2.04. The molecule has 2 aromatic carbocycles. The fourth-order valence-electron chi connectivity index (χ4n) is 2.04. The Morgan fingerprint density at radius 1 is 1.09 bits per heavy atom. The summed E-state index contributed by atoms with van der Waals surface area (Å²) >= 11 is 0. The molecule has 0 saturated heterocycles. The minimum atomic E-state index is -1.05. The third-order valence-electron chi connectivity index (χ3n) is 3.14. The fraction of sp³-hybridized carbons (Fsp3) is 0.0588. The van der Waals surface area contributed by atoms with Crippen molar-refractivity contribution in [2.45, 2.75) is 6.61 Å². The lowest BCUT2D eigenvalue weighted by molar-refractivity contribution is 0.0690. The second-order valence-electron chi connectivity index (χ2n) is 4.72. The molecule has 22 heavy (non-hydrogen) atoms. The number of benzene rings is 2. The van der Waals surface area contributed by atoms with Gasteiger partial charge in [0, 0.05) is 12.3 Å². The molecule has 3 rings (SSSR count). The van der Waals surface area contributed by atoms with Gasteiger partial charge in [-0.2, -0.15) is 5.10 Å². The van der Waals surface area contributed by atoms with Gasteiger partial charge in [0.15, 0.2) is 5.69 Å². The van der Waals surface area contributed by atoms with Crippen LogP contribution >= 0.6 is 0 Å². The summed E-state index contributed by atoms with van der Waals surface area (Å²) in [6, 6.07) is 18.7. The molecule has 1 aromatic heterocycles. The molecule has 5 heteroatoms. The number of aromatic carboxylic acids is 1. The van der Waals surface area contributed by atoms with Gasteiger partial charge in [-0.15, -0.1) is 0 Å². The molecule has 0 fully saturated rings. The number of hydrogen-bond donors (Lipinski definition) is 1. The zero-order valence-electron chi connectivity index (χ0n) is 11.7. The van der Waals surface area contributed by atoms with Crippen molar-refractivity contribution in [2.24, 2.45) is 0 Å². The lowest BCUT2D eigenvalue weighted by atomic mass is 10.2. The van der Waals surface area contributed by atoms with Gasteiger partial charge in [0.2, 0.25) is 0 Å². The molecule has 1 N–H and O–H groups in total. The van der Waals surface area contributed by atoms with E-state index < -0.39 is 5.97 Å². The van der Waals surface area contributed by atoms with Crippen molar-refractivity contribution in [1.82, 2.24) is 9.78 Å². The summed E-state index contributed by atoms with van der Waals surface area (Å²) in [6.45, 7) is 0.476. The van der Waals surface area contributed by atoms with Gasteiger partial charge in [-0.3, -0.25) is 0 Å². The summed E-state index contributed by atoms with van der Waals surface area (Å²) in [5.74, 6) is -0.344. The van der Waals surface area contributed by atoms with E-state index in [0.29, 0.717) is 12.4 Å². The molecule has 5 nitrogen and oxygen atoms in total. The highest BCUT2D eigenvalue weighted by atomic mass is 16.5. The topological polar surface area (TPSA) is 64.3 Å². The first kappa shape index (κ1) is 13.9. The van der Waals surface area contributed by atoms with E-state index in [1.807, 2.05) is 54.6 Å². The minimum Gasteiger partial charge on any atom is -0.489 e. The van der Waals surface area contributed by atoms with E-state index in [1.54, 1.807) is 6.20 Å². The van der Waals surface area contributed by atoms with E-state index in [4.69, 9.17) is 9.84 Å². The van der Waals surface area contributed by atoms with Gasteiger partial charge in [-0.1, -0.05) is 36.4 Å². The van der Waals surface area contributed by atoms with Crippen LogP contribution < -0.4 is 4.74 Å². The predicted molar refractivity (Wildman–Crippen MR) is 81.3 cm³/mol. The highest BCUT2D eigenvalue weighted by molar-refractivity contribution is 5.85. The molecule has 0 radical (unpaired) electrons. The Morgan fingerprint density at radius 2 is 1.91 bits per heavy atom. The zero-order valence-corrected chi connectivity index (χ0v) is 11.7. The first-order valence-electron chi connectivity index (χ1n) is 6.78. The van der Waals surface area contributed by atoms with Crippen LogP contribution in [0.25, 0.3) is 5.69 Å². The van der Waals surface area contributed by atoms with Crippen molar-refractivity contribution in [2.75, 3.05) is 0 Å². The molecule has 0 bridgehead atoms. The molecule has 110 valence electrons. The summed E-state index contributed by atoms with van der Waals surface area (Å²) in [5.41, 5.74) is 1.84. The van der Waals surface area contributed by atoms with E-state index in [1.165, 1.54) is 10.7 Å². The maximum absolute atomic E-state index is 10.9. The summed E-state index contributed by atoms with van der Waals surface area (Å²) in [4.78, 5) is 10.9. The molecule has 0 aliphatic carbocycles. The van der Waals surface area contributed by atoms with Gasteiger partial charge < -0.3 is 9.84 Å². The van der Waals surface area contributed by atoms with Crippen LogP contribution in [0.3, 0.4) is 0 Å². The quantitative estimate of drug-likeness (QED) is 0.785. The number of carbonyl (C=O) groups is 1. The third kappa shape index (κ3) is 3.15. The number of carboxylic acids is 1. The molecule has 3 aromatic rings. The largest absolute Gasteiger partial charge is 0.489 e. The highest BCUT2D eigenvalue weighted by Crippen LogP contribution is 2.18. The molecule has 0 aliphatic heterocycles. The molecular weight excluding hydrogens is 280 g/mol. The maximum atomic E-state index is 10.9. The number of rotatable bonds is 5. The monoisotopic (exact) mass is 294 g/mol. The van der Waals surface area contributed by atoms with E-state index in [2.05, 4.69) is 5.10 Å². The number of hydrogen-bond acceptors (Lipinski definition) is 3. The van der Waals surface area contributed by atoms with Gasteiger partial charge in [-0.05, 0) is 23.8 Å². The van der Waals surface area contributed by atoms with E-state index in [9.17, 15) is 4.79 Å². The molecule has 0 aliphatic rings. The molecule has 0 spiro atoms. The van der Waals surface area contributed by atoms with Crippen LogP contribution in [0.5, 0.6) is 5.75 Å². The number of aromatic nitrogens is 2. The average molecular weight is 294 g/mol. The normalized spacial score (nSPS) is 10.4. The number of carboxylic acid groups (broad SMARTS) is 1. The molecule has 0 amide bonds. The first-order valence-corrected chi connectivity index (χ1v) is 6.78. The second-order valence-corrected chi connectivity index (χ2v) is 4.72. The van der Waals surface area contributed by atoms with Crippen LogP contribution in [0, 0.1) is 0 Å². The van der Waals surface area contributed by atoms with E-state index in [-0.39, 0.29) is 5.69 Å². The molecular formula is C17H14N2O3. The Hall–Kier alpha value is -3.08. The lowest BCUT2D eigenvalue weighted by Crippen LogP contribution is -2.01. The van der Waals surface area contributed by atoms with Crippen molar-refractivity contribution in [3.8, 4) is 11.4 Å². The van der Waals surface area contributed by atoms with Crippen molar-refractivity contribution in [3.05, 3.63) is 78.1 Å². The van der Waals surface area contributed by atoms with Gasteiger partial charge in [0.1, 0.15) is 12.4 Å². The van der Waals surface area contributed by atoms with Gasteiger partial charge in [0.25, 0.3) is 0 Å². The van der Waals surface area contributed by atoms with Crippen molar-refractivity contribution in [3.63, 3.8) is 0 Å². The Balaban J connectivity index is 1.75. The number of ether oxygens (including phenoxy) is 1. The molecule has 1 heterocycles.